The summed E-state index contributed by atoms with van der Waals surface area (Å²) < 4.78 is 6.16. The molecule has 160 valence electrons. The number of nitrogens with one attached hydrogen (secondary N) is 1. The van der Waals surface area contributed by atoms with Crippen LogP contribution in [0.25, 0.3) is 11.1 Å². The van der Waals surface area contributed by atoms with E-state index in [4.69, 9.17) is 4.74 Å². The van der Waals surface area contributed by atoms with Gasteiger partial charge in [0.2, 0.25) is 0 Å². The number of piperidine rings is 1. The Morgan fingerprint density at radius 2 is 1.61 bits per heavy atom. The monoisotopic (exact) mass is 414 g/mol. The van der Waals surface area contributed by atoms with Gasteiger partial charge < -0.3 is 15.0 Å². The van der Waals surface area contributed by atoms with Crippen LogP contribution < -0.4 is 10.1 Å². The average Bonchev–Trinajstić information content (AvgIpc) is 2.80. The second-order valence-corrected chi connectivity index (χ2v) is 8.39. The van der Waals surface area contributed by atoms with Gasteiger partial charge in [0, 0.05) is 25.2 Å². The zero-order chi connectivity index (χ0) is 21.6. The number of hydrogen-bond acceptors (Lipinski definition) is 3. The summed E-state index contributed by atoms with van der Waals surface area (Å²) in [5.41, 5.74) is 5.19. The predicted molar refractivity (Wildman–Crippen MR) is 125 cm³/mol. The maximum absolute atomic E-state index is 12.6. The highest BCUT2D eigenvalue weighted by atomic mass is 16.5. The van der Waals surface area contributed by atoms with Crippen molar-refractivity contribution in [1.29, 1.82) is 0 Å². The molecule has 0 radical (unpaired) electrons. The first-order valence-electron chi connectivity index (χ1n) is 11.0. The van der Waals surface area contributed by atoms with Gasteiger partial charge in [-0.05, 0) is 67.8 Å². The van der Waals surface area contributed by atoms with Gasteiger partial charge in [0.25, 0.3) is 5.91 Å². The zero-order valence-corrected chi connectivity index (χ0v) is 18.3. The molecule has 1 aliphatic heterocycles. The fourth-order valence-corrected chi connectivity index (χ4v) is 3.87. The van der Waals surface area contributed by atoms with Gasteiger partial charge >= 0.3 is 0 Å². The normalized spacial score (nSPS) is 14.9. The molecule has 4 nitrogen and oxygen atoms in total. The molecule has 1 saturated heterocycles. The van der Waals surface area contributed by atoms with Crippen LogP contribution in [0.1, 0.15) is 34.3 Å². The van der Waals surface area contributed by atoms with Gasteiger partial charge in [-0.25, -0.2) is 0 Å². The first-order valence-corrected chi connectivity index (χ1v) is 11.0. The average molecular weight is 415 g/mol. The summed E-state index contributed by atoms with van der Waals surface area (Å²) in [6.07, 6.45) is 2.37. The van der Waals surface area contributed by atoms with Gasteiger partial charge in [-0.3, -0.25) is 4.79 Å². The Bertz CT molecular complexity index is 1000. The van der Waals surface area contributed by atoms with Crippen molar-refractivity contribution in [2.45, 2.75) is 32.4 Å². The molecule has 1 N–H and O–H groups in total. The van der Waals surface area contributed by atoms with Crippen LogP contribution in [-0.4, -0.2) is 37.0 Å². The summed E-state index contributed by atoms with van der Waals surface area (Å²) in [6, 6.07) is 24.2. The van der Waals surface area contributed by atoms with Crippen molar-refractivity contribution in [2.24, 2.45) is 0 Å². The maximum atomic E-state index is 12.6. The first kappa shape index (κ1) is 21.1. The minimum absolute atomic E-state index is 0.0721. The van der Waals surface area contributed by atoms with E-state index in [1.54, 1.807) is 0 Å². The molecule has 0 aromatic heterocycles. The maximum Gasteiger partial charge on any atom is 0.251 e. The number of likely N-dealkylation sites (tertiary alicyclic amines) is 1. The minimum Gasteiger partial charge on any atom is -0.490 e. The number of benzene rings is 3. The molecular formula is C27H30N2O2. The summed E-state index contributed by atoms with van der Waals surface area (Å²) in [7, 11) is 2.15. The van der Waals surface area contributed by atoms with E-state index in [9.17, 15) is 4.79 Å². The summed E-state index contributed by atoms with van der Waals surface area (Å²) >= 11 is 0. The Balaban J connectivity index is 1.32. The lowest BCUT2D eigenvalue weighted by Gasteiger charge is -2.29. The van der Waals surface area contributed by atoms with Gasteiger partial charge in [0.15, 0.2) is 0 Å². The van der Waals surface area contributed by atoms with E-state index in [0.29, 0.717) is 12.1 Å². The standard InChI is InChI=1S/C27H30N2O2/c1-20-6-8-22(9-7-20)23-10-12-24(13-11-23)27(30)28-19-21-4-3-5-26(18-21)31-25-14-16-29(2)17-15-25/h3-13,18,25H,14-17,19H2,1-2H3,(H,28,30). The third kappa shape index (κ3) is 5.74. The van der Waals surface area contributed by atoms with Crippen molar-refractivity contribution in [3.8, 4) is 16.9 Å². The lowest BCUT2D eigenvalue weighted by atomic mass is 10.0. The fourth-order valence-electron chi connectivity index (χ4n) is 3.87. The molecule has 0 aliphatic carbocycles. The smallest absolute Gasteiger partial charge is 0.251 e. The van der Waals surface area contributed by atoms with Crippen LogP contribution in [0.3, 0.4) is 0 Å². The summed E-state index contributed by atoms with van der Waals surface area (Å²) in [4.78, 5) is 14.9. The second-order valence-electron chi connectivity index (χ2n) is 8.39. The molecule has 0 atom stereocenters. The largest absolute Gasteiger partial charge is 0.490 e. The van der Waals surface area contributed by atoms with Crippen molar-refractivity contribution in [3.05, 3.63) is 89.5 Å². The zero-order valence-electron chi connectivity index (χ0n) is 18.3. The lowest BCUT2D eigenvalue weighted by Crippen LogP contribution is -2.35. The summed E-state index contributed by atoms with van der Waals surface area (Å²) in [5, 5.41) is 3.02. The van der Waals surface area contributed by atoms with Gasteiger partial charge in [0.1, 0.15) is 11.9 Å². The van der Waals surface area contributed by atoms with Crippen LogP contribution in [-0.2, 0) is 6.54 Å². The Hall–Kier alpha value is -3.11. The van der Waals surface area contributed by atoms with Crippen molar-refractivity contribution in [1.82, 2.24) is 10.2 Å². The van der Waals surface area contributed by atoms with Gasteiger partial charge in [-0.1, -0.05) is 54.1 Å². The lowest BCUT2D eigenvalue weighted by molar-refractivity contribution is 0.0950. The molecule has 0 saturated carbocycles. The SMILES string of the molecule is Cc1ccc(-c2ccc(C(=O)NCc3cccc(OC4CCN(C)CC4)c3)cc2)cc1. The number of rotatable bonds is 6. The molecule has 1 heterocycles. The number of nitrogens with zero attached hydrogens (tertiary/aromatic N) is 1. The minimum atomic E-state index is -0.0721. The van der Waals surface area contributed by atoms with E-state index < -0.39 is 0 Å². The predicted octanol–water partition coefficient (Wildman–Crippen LogP) is 5.07. The highest BCUT2D eigenvalue weighted by molar-refractivity contribution is 5.94. The first-order chi connectivity index (χ1) is 15.1. The van der Waals surface area contributed by atoms with Crippen molar-refractivity contribution < 1.29 is 9.53 Å². The summed E-state index contributed by atoms with van der Waals surface area (Å²) in [6.45, 7) is 4.70. The molecule has 4 rings (SSSR count). The van der Waals surface area contributed by atoms with Crippen LogP contribution in [0.15, 0.2) is 72.8 Å². The molecule has 1 aliphatic rings. The van der Waals surface area contributed by atoms with E-state index in [-0.39, 0.29) is 12.0 Å². The van der Waals surface area contributed by atoms with E-state index >= 15 is 0 Å². The van der Waals surface area contributed by atoms with E-state index in [1.165, 1.54) is 5.56 Å². The number of hydrogen-bond donors (Lipinski definition) is 1. The van der Waals surface area contributed by atoms with Crippen molar-refractivity contribution >= 4 is 5.91 Å². The quantitative estimate of drug-likeness (QED) is 0.613. The molecule has 31 heavy (non-hydrogen) atoms. The highest BCUT2D eigenvalue weighted by Crippen LogP contribution is 2.21. The molecule has 0 unspecified atom stereocenters. The molecule has 0 spiro atoms. The van der Waals surface area contributed by atoms with Crippen LogP contribution in [0, 0.1) is 6.92 Å². The molecule has 3 aromatic carbocycles. The Morgan fingerprint density at radius 3 is 2.29 bits per heavy atom. The number of carbonyl (C=O) groups excluding carboxylic acids is 1. The van der Waals surface area contributed by atoms with Crippen LogP contribution in [0.4, 0.5) is 0 Å². The Morgan fingerprint density at radius 1 is 0.968 bits per heavy atom. The number of ether oxygens (including phenoxy) is 1. The van der Waals surface area contributed by atoms with Gasteiger partial charge in [0.05, 0.1) is 0 Å². The van der Waals surface area contributed by atoms with Crippen LogP contribution in [0.5, 0.6) is 5.75 Å². The third-order valence-electron chi connectivity index (χ3n) is 5.85. The topological polar surface area (TPSA) is 41.6 Å². The summed E-state index contributed by atoms with van der Waals surface area (Å²) in [5.74, 6) is 0.806. The molecule has 3 aromatic rings. The second kappa shape index (κ2) is 9.80. The van der Waals surface area contributed by atoms with Crippen LogP contribution >= 0.6 is 0 Å². The van der Waals surface area contributed by atoms with Crippen molar-refractivity contribution in [3.63, 3.8) is 0 Å². The fraction of sp³-hybridized carbons (Fsp3) is 0.296. The molecule has 1 amide bonds. The van der Waals surface area contributed by atoms with Crippen LogP contribution in [0.2, 0.25) is 0 Å². The number of amides is 1. The Kier molecular flexibility index (Phi) is 6.68. The third-order valence-corrected chi connectivity index (χ3v) is 5.85. The highest BCUT2D eigenvalue weighted by Gasteiger charge is 2.18. The van der Waals surface area contributed by atoms with E-state index in [1.807, 2.05) is 48.5 Å². The molecule has 4 heteroatoms. The van der Waals surface area contributed by atoms with E-state index in [2.05, 4.69) is 48.5 Å². The van der Waals surface area contributed by atoms with Crippen molar-refractivity contribution in [2.75, 3.05) is 20.1 Å². The van der Waals surface area contributed by atoms with E-state index in [0.717, 1.165) is 48.4 Å². The van der Waals surface area contributed by atoms with Gasteiger partial charge in [-0.2, -0.15) is 0 Å². The Labute approximate surface area is 184 Å². The number of carbonyl (C=O) groups is 1. The molecule has 1 fully saturated rings. The molecular weight excluding hydrogens is 384 g/mol. The number of aryl methyl sites for hydroxylation is 1. The van der Waals surface area contributed by atoms with Gasteiger partial charge in [-0.15, -0.1) is 0 Å². The molecule has 0 bridgehead atoms.